The van der Waals surface area contributed by atoms with Crippen LogP contribution < -0.4 is 5.32 Å². The van der Waals surface area contributed by atoms with Gasteiger partial charge in [-0.15, -0.1) is 11.3 Å². The van der Waals surface area contributed by atoms with Gasteiger partial charge in [-0.25, -0.2) is 0 Å². The van der Waals surface area contributed by atoms with Crippen molar-refractivity contribution in [2.45, 2.75) is 13.0 Å². The third kappa shape index (κ3) is 3.10. The van der Waals surface area contributed by atoms with Crippen molar-refractivity contribution < 1.29 is 0 Å². The first-order valence-electron chi connectivity index (χ1n) is 5.41. The second-order valence-electron chi connectivity index (χ2n) is 3.95. The molecule has 0 aliphatic carbocycles. The number of hydrogen-bond acceptors (Lipinski definition) is 2. The van der Waals surface area contributed by atoms with Crippen molar-refractivity contribution in [3.63, 3.8) is 0 Å². The van der Waals surface area contributed by atoms with Gasteiger partial charge in [0.05, 0.1) is 11.1 Å². The van der Waals surface area contributed by atoms with Gasteiger partial charge in [0.25, 0.3) is 0 Å². The molecule has 1 aromatic heterocycles. The van der Waals surface area contributed by atoms with Crippen LogP contribution in [-0.4, -0.2) is 7.05 Å². The van der Waals surface area contributed by atoms with Crippen molar-refractivity contribution in [1.29, 1.82) is 0 Å². The third-order valence-corrected chi connectivity index (χ3v) is 6.50. The number of thiophene rings is 1. The van der Waals surface area contributed by atoms with Crippen LogP contribution in [-0.2, 0) is 0 Å². The van der Waals surface area contributed by atoms with Gasteiger partial charge in [-0.3, -0.25) is 0 Å². The minimum atomic E-state index is 0.189. The van der Waals surface area contributed by atoms with E-state index in [2.05, 4.69) is 69.0 Å². The van der Waals surface area contributed by atoms with Crippen LogP contribution in [0.1, 0.15) is 21.4 Å². The Labute approximate surface area is 138 Å². The average molecular weight is 457 g/mol. The molecule has 2 rings (SSSR count). The minimum absolute atomic E-state index is 0.189. The maximum absolute atomic E-state index is 6.20. The molecule has 1 nitrogen and oxygen atoms in total. The summed E-state index contributed by atoms with van der Waals surface area (Å²) in [6, 6.07) is 8.57. The Morgan fingerprint density at radius 3 is 2.61 bits per heavy atom. The molecule has 0 saturated heterocycles. The summed E-state index contributed by atoms with van der Waals surface area (Å²) in [6.07, 6.45) is 0. The molecule has 96 valence electrons. The Hall–Kier alpha value is 0.380. The number of benzene rings is 1. The van der Waals surface area contributed by atoms with Gasteiger partial charge in [-0.2, -0.15) is 0 Å². The number of aryl methyl sites for hydroxylation is 1. The van der Waals surface area contributed by atoms with Crippen LogP contribution in [0.2, 0.25) is 5.02 Å². The molecular formula is C13H12BrClINS. The second kappa shape index (κ2) is 6.22. The van der Waals surface area contributed by atoms with Gasteiger partial charge in [0, 0.05) is 17.8 Å². The molecule has 0 amide bonds. The highest BCUT2D eigenvalue weighted by molar-refractivity contribution is 14.1. The van der Waals surface area contributed by atoms with E-state index in [0.717, 1.165) is 8.59 Å². The van der Waals surface area contributed by atoms with Gasteiger partial charge < -0.3 is 5.32 Å². The monoisotopic (exact) mass is 455 g/mol. The van der Waals surface area contributed by atoms with Gasteiger partial charge in [-0.05, 0) is 76.3 Å². The van der Waals surface area contributed by atoms with E-state index < -0.39 is 0 Å². The number of nitrogens with one attached hydrogen (secondary N) is 1. The normalized spacial score (nSPS) is 12.7. The molecule has 0 fully saturated rings. The molecular weight excluding hydrogens is 444 g/mol. The zero-order valence-electron chi connectivity index (χ0n) is 9.93. The minimum Gasteiger partial charge on any atom is -0.309 e. The summed E-state index contributed by atoms with van der Waals surface area (Å²) in [4.78, 5) is 2.58. The number of rotatable bonds is 3. The van der Waals surface area contributed by atoms with E-state index in [1.807, 2.05) is 13.1 Å². The average Bonchev–Trinajstić information content (AvgIpc) is 2.65. The van der Waals surface area contributed by atoms with Gasteiger partial charge in [0.2, 0.25) is 0 Å². The van der Waals surface area contributed by atoms with E-state index in [1.54, 1.807) is 11.3 Å². The van der Waals surface area contributed by atoms with Crippen LogP contribution in [0.4, 0.5) is 0 Å². The molecule has 1 unspecified atom stereocenters. The maximum Gasteiger partial charge on any atom is 0.0669 e. The van der Waals surface area contributed by atoms with Crippen molar-refractivity contribution >= 4 is 61.5 Å². The molecule has 1 heterocycles. The fourth-order valence-corrected chi connectivity index (χ4v) is 4.01. The molecule has 1 aromatic carbocycles. The highest BCUT2D eigenvalue weighted by Crippen LogP contribution is 2.34. The van der Waals surface area contributed by atoms with Gasteiger partial charge >= 0.3 is 0 Å². The first-order chi connectivity index (χ1) is 8.52. The number of halogens is 3. The highest BCUT2D eigenvalue weighted by Gasteiger charge is 2.16. The van der Waals surface area contributed by atoms with Crippen LogP contribution in [0.25, 0.3) is 0 Å². The lowest BCUT2D eigenvalue weighted by molar-refractivity contribution is 0.703. The van der Waals surface area contributed by atoms with Gasteiger partial charge in [-0.1, -0.05) is 17.7 Å². The Morgan fingerprint density at radius 1 is 1.39 bits per heavy atom. The maximum atomic E-state index is 6.20. The molecule has 0 spiro atoms. The summed E-state index contributed by atoms with van der Waals surface area (Å²) in [5.41, 5.74) is 1.19. The van der Waals surface area contributed by atoms with Crippen LogP contribution in [0, 0.1) is 10.5 Å². The Balaban J connectivity index is 2.41. The fourth-order valence-electron chi connectivity index (χ4n) is 1.79. The largest absolute Gasteiger partial charge is 0.309 e. The standard InChI is InChI=1S/C13H12BrClINS/c1-7-9(14)6-12(18-7)13(17-2)8-3-4-11(16)10(15)5-8/h3-6,13,17H,1-2H3. The SMILES string of the molecule is CNC(c1ccc(I)c(Cl)c1)c1cc(Br)c(C)s1. The van der Waals surface area contributed by atoms with Gasteiger partial charge in [0.1, 0.15) is 0 Å². The Bertz CT molecular complexity index is 551. The zero-order valence-corrected chi connectivity index (χ0v) is 15.2. The van der Waals surface area contributed by atoms with Crippen molar-refractivity contribution in [3.8, 4) is 0 Å². The van der Waals surface area contributed by atoms with Crippen molar-refractivity contribution in [3.05, 3.63) is 52.6 Å². The number of hydrogen-bond donors (Lipinski definition) is 1. The van der Waals surface area contributed by atoms with Crippen LogP contribution in [0.15, 0.2) is 28.7 Å². The summed E-state index contributed by atoms with van der Waals surface area (Å²) in [5, 5.41) is 4.16. The lowest BCUT2D eigenvalue weighted by atomic mass is 10.1. The van der Waals surface area contributed by atoms with Crippen molar-refractivity contribution in [1.82, 2.24) is 5.32 Å². The van der Waals surface area contributed by atoms with E-state index in [4.69, 9.17) is 11.6 Å². The molecule has 0 radical (unpaired) electrons. The quantitative estimate of drug-likeness (QED) is 0.611. The summed E-state index contributed by atoms with van der Waals surface area (Å²) in [7, 11) is 1.97. The summed E-state index contributed by atoms with van der Waals surface area (Å²) < 4.78 is 2.25. The zero-order chi connectivity index (χ0) is 13.3. The second-order valence-corrected chi connectivity index (χ2v) is 7.66. The van der Waals surface area contributed by atoms with E-state index in [9.17, 15) is 0 Å². The first kappa shape index (κ1) is 14.8. The van der Waals surface area contributed by atoms with Crippen LogP contribution in [0.5, 0.6) is 0 Å². The lowest BCUT2D eigenvalue weighted by Gasteiger charge is -2.15. The fraction of sp³-hybridized carbons (Fsp3) is 0.231. The van der Waals surface area contributed by atoms with Crippen LogP contribution in [0.3, 0.4) is 0 Å². The van der Waals surface area contributed by atoms with Crippen LogP contribution >= 0.6 is 61.5 Å². The molecule has 1 N–H and O–H groups in total. The Morgan fingerprint density at radius 2 is 2.11 bits per heavy atom. The van der Waals surface area contributed by atoms with Crippen molar-refractivity contribution in [2.75, 3.05) is 7.05 Å². The van der Waals surface area contributed by atoms with E-state index in [1.165, 1.54) is 19.8 Å². The van der Waals surface area contributed by atoms with Crippen molar-refractivity contribution in [2.24, 2.45) is 0 Å². The molecule has 0 aliphatic heterocycles. The molecule has 1 atom stereocenters. The summed E-state index contributed by atoms with van der Waals surface area (Å²) >= 11 is 13.8. The smallest absolute Gasteiger partial charge is 0.0669 e. The molecule has 0 saturated carbocycles. The van der Waals surface area contributed by atoms with E-state index in [0.29, 0.717) is 0 Å². The molecule has 18 heavy (non-hydrogen) atoms. The highest BCUT2D eigenvalue weighted by atomic mass is 127. The summed E-state index contributed by atoms with van der Waals surface area (Å²) in [6.45, 7) is 2.12. The lowest BCUT2D eigenvalue weighted by Crippen LogP contribution is -2.16. The Kier molecular flexibility index (Phi) is 5.11. The molecule has 0 aliphatic rings. The first-order valence-corrected chi connectivity index (χ1v) is 8.47. The predicted octanol–water partition coefficient (Wildman–Crippen LogP) is 5.39. The molecule has 2 aromatic rings. The topological polar surface area (TPSA) is 12.0 Å². The molecule has 0 bridgehead atoms. The van der Waals surface area contributed by atoms with Gasteiger partial charge in [0.15, 0.2) is 0 Å². The molecule has 5 heteroatoms. The van der Waals surface area contributed by atoms with E-state index >= 15 is 0 Å². The summed E-state index contributed by atoms with van der Waals surface area (Å²) in [5.74, 6) is 0. The van der Waals surface area contributed by atoms with E-state index in [-0.39, 0.29) is 6.04 Å². The predicted molar refractivity (Wildman–Crippen MR) is 91.8 cm³/mol. The third-order valence-electron chi connectivity index (χ3n) is 2.73.